The Bertz CT molecular complexity index is 930. The Morgan fingerprint density at radius 2 is 2.04 bits per heavy atom. The average Bonchev–Trinajstić information content (AvgIpc) is 3.26. The quantitative estimate of drug-likeness (QED) is 0.743. The van der Waals surface area contributed by atoms with E-state index in [2.05, 4.69) is 39.7 Å². The fourth-order valence-corrected chi connectivity index (χ4v) is 3.39. The standard InChI is InChI=1S/C22H24N4O2/c1-16-15-23-21(22(27)25-19-7-11-28-12-8-19)14-18(16)13-17-3-5-20(6-4-17)26-10-2-9-24-26/h2-6,9-10,14-15,19H,7-8,11-13H2,1H3,(H,25,27). The summed E-state index contributed by atoms with van der Waals surface area (Å²) in [5, 5.41) is 7.33. The summed E-state index contributed by atoms with van der Waals surface area (Å²) in [5.41, 5.74) is 4.87. The molecule has 0 radical (unpaired) electrons. The van der Waals surface area contributed by atoms with Crippen molar-refractivity contribution in [2.24, 2.45) is 0 Å². The minimum absolute atomic E-state index is 0.109. The smallest absolute Gasteiger partial charge is 0.270 e. The first-order valence-electron chi connectivity index (χ1n) is 9.62. The number of hydrogen-bond acceptors (Lipinski definition) is 4. The number of ether oxygens (including phenoxy) is 1. The van der Waals surface area contributed by atoms with Crippen molar-refractivity contribution in [1.29, 1.82) is 0 Å². The highest BCUT2D eigenvalue weighted by molar-refractivity contribution is 5.92. The van der Waals surface area contributed by atoms with Gasteiger partial charge >= 0.3 is 0 Å². The molecule has 0 aliphatic carbocycles. The second-order valence-electron chi connectivity index (χ2n) is 7.15. The summed E-state index contributed by atoms with van der Waals surface area (Å²) in [5.74, 6) is -0.109. The summed E-state index contributed by atoms with van der Waals surface area (Å²) in [7, 11) is 0. The van der Waals surface area contributed by atoms with Crippen LogP contribution in [0.25, 0.3) is 5.69 Å². The molecule has 144 valence electrons. The van der Waals surface area contributed by atoms with E-state index < -0.39 is 0 Å². The maximum absolute atomic E-state index is 12.6. The van der Waals surface area contributed by atoms with Crippen molar-refractivity contribution in [2.75, 3.05) is 13.2 Å². The van der Waals surface area contributed by atoms with Crippen LogP contribution in [-0.4, -0.2) is 39.9 Å². The second-order valence-corrected chi connectivity index (χ2v) is 7.15. The van der Waals surface area contributed by atoms with E-state index in [0.29, 0.717) is 18.9 Å². The van der Waals surface area contributed by atoms with E-state index in [9.17, 15) is 4.79 Å². The van der Waals surface area contributed by atoms with E-state index in [-0.39, 0.29) is 11.9 Å². The molecule has 3 heterocycles. The molecule has 1 N–H and O–H groups in total. The van der Waals surface area contributed by atoms with E-state index in [1.165, 1.54) is 5.56 Å². The molecular weight excluding hydrogens is 352 g/mol. The number of carbonyl (C=O) groups is 1. The summed E-state index contributed by atoms with van der Waals surface area (Å²) < 4.78 is 7.18. The molecule has 1 fully saturated rings. The molecular formula is C22H24N4O2. The number of pyridine rings is 1. The zero-order valence-corrected chi connectivity index (χ0v) is 16.0. The van der Waals surface area contributed by atoms with Crippen molar-refractivity contribution >= 4 is 5.91 Å². The summed E-state index contributed by atoms with van der Waals surface area (Å²) >= 11 is 0. The van der Waals surface area contributed by atoms with E-state index in [1.807, 2.05) is 29.9 Å². The second kappa shape index (κ2) is 8.35. The maximum Gasteiger partial charge on any atom is 0.270 e. The van der Waals surface area contributed by atoms with Crippen LogP contribution >= 0.6 is 0 Å². The summed E-state index contributed by atoms with van der Waals surface area (Å²) in [6.45, 7) is 3.43. The molecule has 1 aliphatic heterocycles. The lowest BCUT2D eigenvalue weighted by Crippen LogP contribution is -2.39. The van der Waals surface area contributed by atoms with Crippen molar-refractivity contribution in [3.8, 4) is 5.69 Å². The van der Waals surface area contributed by atoms with Crippen molar-refractivity contribution in [1.82, 2.24) is 20.1 Å². The van der Waals surface area contributed by atoms with Crippen LogP contribution in [0.5, 0.6) is 0 Å². The van der Waals surface area contributed by atoms with Crippen LogP contribution in [0, 0.1) is 6.92 Å². The van der Waals surface area contributed by atoms with Gasteiger partial charge in [-0.25, -0.2) is 4.68 Å². The zero-order chi connectivity index (χ0) is 19.3. The number of aromatic nitrogens is 3. The van der Waals surface area contributed by atoms with Crippen molar-refractivity contribution < 1.29 is 9.53 Å². The van der Waals surface area contributed by atoms with Gasteiger partial charge < -0.3 is 10.1 Å². The molecule has 28 heavy (non-hydrogen) atoms. The fraction of sp³-hybridized carbons (Fsp3) is 0.318. The lowest BCUT2D eigenvalue weighted by Gasteiger charge is -2.23. The van der Waals surface area contributed by atoms with Crippen molar-refractivity contribution in [3.05, 3.63) is 77.4 Å². The van der Waals surface area contributed by atoms with Gasteiger partial charge in [0.2, 0.25) is 0 Å². The number of carbonyl (C=O) groups excluding carboxylic acids is 1. The third-order valence-corrected chi connectivity index (χ3v) is 5.10. The monoisotopic (exact) mass is 376 g/mol. The van der Waals surface area contributed by atoms with Gasteiger partial charge in [-0.2, -0.15) is 5.10 Å². The topological polar surface area (TPSA) is 69.0 Å². The highest BCUT2D eigenvalue weighted by Gasteiger charge is 2.18. The molecule has 4 rings (SSSR count). The van der Waals surface area contributed by atoms with E-state index >= 15 is 0 Å². The molecule has 1 amide bonds. The molecule has 0 spiro atoms. The first-order valence-corrected chi connectivity index (χ1v) is 9.62. The number of hydrogen-bond donors (Lipinski definition) is 1. The Balaban J connectivity index is 1.47. The first-order chi connectivity index (χ1) is 13.7. The molecule has 1 aliphatic rings. The molecule has 2 aromatic heterocycles. The number of nitrogens with zero attached hydrogens (tertiary/aromatic N) is 3. The minimum Gasteiger partial charge on any atom is -0.381 e. The Hall–Kier alpha value is -2.99. The molecule has 0 bridgehead atoms. The minimum atomic E-state index is -0.109. The Kier molecular flexibility index (Phi) is 5.48. The third-order valence-electron chi connectivity index (χ3n) is 5.10. The Morgan fingerprint density at radius 3 is 2.75 bits per heavy atom. The van der Waals surface area contributed by atoms with Crippen LogP contribution in [-0.2, 0) is 11.2 Å². The molecule has 1 saturated heterocycles. The lowest BCUT2D eigenvalue weighted by molar-refractivity contribution is 0.0694. The summed E-state index contributed by atoms with van der Waals surface area (Å²) in [6, 6.07) is 12.3. The van der Waals surface area contributed by atoms with Gasteiger partial charge in [0.25, 0.3) is 5.91 Å². The SMILES string of the molecule is Cc1cnc(C(=O)NC2CCOCC2)cc1Cc1ccc(-n2cccn2)cc1. The molecule has 0 unspecified atom stereocenters. The van der Waals surface area contributed by atoms with Gasteiger partial charge in [0.1, 0.15) is 5.69 Å². The number of amides is 1. The highest BCUT2D eigenvalue weighted by atomic mass is 16.5. The van der Waals surface area contributed by atoms with Gasteiger partial charge in [-0.15, -0.1) is 0 Å². The first kappa shape index (κ1) is 18.4. The van der Waals surface area contributed by atoms with Crippen LogP contribution in [0.4, 0.5) is 0 Å². The van der Waals surface area contributed by atoms with Crippen molar-refractivity contribution in [2.45, 2.75) is 32.2 Å². The molecule has 0 saturated carbocycles. The van der Waals surface area contributed by atoms with Crippen LogP contribution in [0.3, 0.4) is 0 Å². The number of aryl methyl sites for hydroxylation is 1. The predicted molar refractivity (Wildman–Crippen MR) is 107 cm³/mol. The normalized spacial score (nSPS) is 14.8. The van der Waals surface area contributed by atoms with Gasteiger partial charge in [-0.1, -0.05) is 12.1 Å². The lowest BCUT2D eigenvalue weighted by atomic mass is 10.0. The molecule has 6 heteroatoms. The van der Waals surface area contributed by atoms with Gasteiger partial charge in [0.05, 0.1) is 5.69 Å². The van der Waals surface area contributed by atoms with E-state index in [0.717, 1.165) is 36.1 Å². The van der Waals surface area contributed by atoms with Crippen LogP contribution in [0.2, 0.25) is 0 Å². The van der Waals surface area contributed by atoms with Crippen LogP contribution in [0.1, 0.15) is 40.0 Å². The average molecular weight is 376 g/mol. The number of nitrogens with one attached hydrogen (secondary N) is 1. The third kappa shape index (κ3) is 4.28. The fourth-order valence-electron chi connectivity index (χ4n) is 3.39. The molecule has 6 nitrogen and oxygen atoms in total. The Morgan fingerprint density at radius 1 is 1.25 bits per heavy atom. The molecule has 1 aromatic carbocycles. The summed E-state index contributed by atoms with van der Waals surface area (Å²) in [6.07, 6.45) is 7.93. The largest absolute Gasteiger partial charge is 0.381 e. The Labute approximate surface area is 164 Å². The predicted octanol–water partition coefficient (Wildman–Crippen LogP) is 3.08. The highest BCUT2D eigenvalue weighted by Crippen LogP contribution is 2.17. The van der Waals surface area contributed by atoms with Gasteiger partial charge in [-0.05, 0) is 67.1 Å². The van der Waals surface area contributed by atoms with Crippen LogP contribution < -0.4 is 5.32 Å². The summed E-state index contributed by atoms with van der Waals surface area (Å²) in [4.78, 5) is 16.9. The maximum atomic E-state index is 12.6. The molecule has 3 aromatic rings. The van der Waals surface area contributed by atoms with Gasteiger partial charge in [-0.3, -0.25) is 9.78 Å². The van der Waals surface area contributed by atoms with Gasteiger partial charge in [0.15, 0.2) is 0 Å². The van der Waals surface area contributed by atoms with E-state index in [4.69, 9.17) is 4.74 Å². The van der Waals surface area contributed by atoms with Crippen LogP contribution in [0.15, 0.2) is 55.0 Å². The number of benzene rings is 1. The van der Waals surface area contributed by atoms with E-state index in [1.54, 1.807) is 12.4 Å². The number of rotatable bonds is 5. The molecule has 0 atom stereocenters. The van der Waals surface area contributed by atoms with Crippen molar-refractivity contribution in [3.63, 3.8) is 0 Å². The van der Waals surface area contributed by atoms with Gasteiger partial charge in [0, 0.05) is 37.8 Å². The zero-order valence-electron chi connectivity index (χ0n) is 16.0.